The van der Waals surface area contributed by atoms with Gasteiger partial charge in [0.25, 0.3) is 0 Å². The number of aromatic nitrogens is 2. The van der Waals surface area contributed by atoms with Gasteiger partial charge in [0.1, 0.15) is 5.69 Å². The van der Waals surface area contributed by atoms with Gasteiger partial charge in [-0.1, -0.05) is 0 Å². The Bertz CT molecular complexity index is 692. The third-order valence-corrected chi connectivity index (χ3v) is 4.04. The van der Waals surface area contributed by atoms with E-state index in [1.54, 1.807) is 11.8 Å². The monoisotopic (exact) mass is 417 g/mol. The number of carbonyl (C=O) groups excluding carboxylic acids is 1. The van der Waals surface area contributed by atoms with Gasteiger partial charge in [0, 0.05) is 45.5 Å². The Morgan fingerprint density at radius 3 is 2.55 bits per heavy atom. The summed E-state index contributed by atoms with van der Waals surface area (Å²) in [5.41, 5.74) is -0.994. The summed E-state index contributed by atoms with van der Waals surface area (Å²) in [4.78, 5) is 27.2. The van der Waals surface area contributed by atoms with E-state index < -0.39 is 11.9 Å². The van der Waals surface area contributed by atoms with Crippen LogP contribution in [0.2, 0.25) is 0 Å². The summed E-state index contributed by atoms with van der Waals surface area (Å²) in [6.07, 6.45) is -3.77. The van der Waals surface area contributed by atoms with E-state index in [1.165, 1.54) is 0 Å². The molecule has 2 rings (SSSR count). The smallest absolute Gasteiger partial charge is 0.433 e. The zero-order chi connectivity index (χ0) is 21.3. The number of guanidine groups is 1. The minimum absolute atomic E-state index is 0.0944. The van der Waals surface area contributed by atoms with Crippen molar-refractivity contribution in [2.75, 3.05) is 57.7 Å². The normalized spacial score (nSPS) is 15.3. The van der Waals surface area contributed by atoms with Crippen molar-refractivity contribution in [1.29, 1.82) is 0 Å². The average Bonchev–Trinajstić information content (AvgIpc) is 2.70. The number of anilines is 1. The number of alkyl halides is 3. The minimum atomic E-state index is -4.51. The van der Waals surface area contributed by atoms with Gasteiger partial charge in [-0.05, 0) is 19.9 Å². The number of nitrogens with one attached hydrogen (secondary N) is 2. The lowest BCUT2D eigenvalue weighted by Gasteiger charge is -2.35. The molecule has 2 N–H and O–H groups in total. The number of rotatable bonds is 6. The van der Waals surface area contributed by atoms with Gasteiger partial charge < -0.3 is 25.2 Å². The fourth-order valence-corrected chi connectivity index (χ4v) is 2.67. The number of amides is 1. The first-order valence-electron chi connectivity index (χ1n) is 9.44. The lowest BCUT2D eigenvalue weighted by molar-refractivity contribution is -0.141. The fraction of sp³-hybridized carbons (Fsp3) is 0.647. The molecule has 1 aliphatic heterocycles. The molecule has 0 atom stereocenters. The van der Waals surface area contributed by atoms with Gasteiger partial charge in [-0.3, -0.25) is 4.99 Å². The summed E-state index contributed by atoms with van der Waals surface area (Å²) in [6, 6.07) is 0.822. The molecule has 1 saturated heterocycles. The van der Waals surface area contributed by atoms with E-state index in [4.69, 9.17) is 4.74 Å². The molecule has 9 nitrogen and oxygen atoms in total. The fourth-order valence-electron chi connectivity index (χ4n) is 2.67. The Balaban J connectivity index is 1.86. The number of halogens is 3. The van der Waals surface area contributed by atoms with Crippen LogP contribution >= 0.6 is 0 Å². The van der Waals surface area contributed by atoms with Crippen molar-refractivity contribution in [2.45, 2.75) is 20.0 Å². The molecule has 0 unspecified atom stereocenters. The van der Waals surface area contributed by atoms with Crippen molar-refractivity contribution in [3.05, 3.63) is 18.0 Å². The molecule has 12 heteroatoms. The van der Waals surface area contributed by atoms with Gasteiger partial charge in [-0.2, -0.15) is 13.2 Å². The van der Waals surface area contributed by atoms with Crippen molar-refractivity contribution in [3.8, 4) is 0 Å². The minimum Gasteiger partial charge on any atom is -0.450 e. The predicted octanol–water partition coefficient (Wildman–Crippen LogP) is 1.65. The van der Waals surface area contributed by atoms with E-state index in [2.05, 4.69) is 25.6 Å². The first-order chi connectivity index (χ1) is 13.8. The molecule has 1 fully saturated rings. The molecule has 0 spiro atoms. The van der Waals surface area contributed by atoms with Crippen molar-refractivity contribution in [1.82, 2.24) is 25.1 Å². The van der Waals surface area contributed by atoms with Crippen LogP contribution in [-0.4, -0.2) is 84.2 Å². The molecule has 162 valence electrons. The highest BCUT2D eigenvalue weighted by atomic mass is 19.4. The largest absolute Gasteiger partial charge is 0.450 e. The molecule has 0 aromatic carbocycles. The molecule has 1 aliphatic rings. The van der Waals surface area contributed by atoms with Gasteiger partial charge in [0.05, 0.1) is 13.2 Å². The molecule has 1 aromatic rings. The molecule has 1 amide bonds. The van der Waals surface area contributed by atoms with Crippen molar-refractivity contribution in [3.63, 3.8) is 0 Å². The van der Waals surface area contributed by atoms with Crippen LogP contribution in [0.25, 0.3) is 0 Å². The number of ether oxygens (including phenoxy) is 1. The standard InChI is InChI=1S/C17H26F3N7O2/c1-3-21-15(26-9-11-27(12-10-26)16(28)29-4-2)24-8-7-23-14-22-6-5-13(25-14)17(18,19)20/h5-6H,3-4,7-12H2,1-2H3,(H,21,24)(H,22,23,25). The summed E-state index contributed by atoms with van der Waals surface area (Å²) in [6.45, 7) is 7.58. The van der Waals surface area contributed by atoms with Crippen LogP contribution in [0, 0.1) is 0 Å². The maximum absolute atomic E-state index is 12.7. The second-order valence-corrected chi connectivity index (χ2v) is 6.10. The number of hydrogen-bond acceptors (Lipinski definition) is 6. The molecule has 0 saturated carbocycles. The average molecular weight is 417 g/mol. The van der Waals surface area contributed by atoms with Crippen LogP contribution in [-0.2, 0) is 10.9 Å². The van der Waals surface area contributed by atoms with Crippen LogP contribution in [0.4, 0.5) is 23.9 Å². The Morgan fingerprint density at radius 1 is 1.24 bits per heavy atom. The zero-order valence-electron chi connectivity index (χ0n) is 16.5. The van der Waals surface area contributed by atoms with Crippen LogP contribution in [0.15, 0.2) is 17.3 Å². The third-order valence-electron chi connectivity index (χ3n) is 4.04. The van der Waals surface area contributed by atoms with E-state index in [0.29, 0.717) is 51.8 Å². The van der Waals surface area contributed by atoms with Crippen molar-refractivity contribution in [2.24, 2.45) is 4.99 Å². The molecule has 29 heavy (non-hydrogen) atoms. The quantitative estimate of drug-likeness (QED) is 0.413. The second-order valence-electron chi connectivity index (χ2n) is 6.10. The van der Waals surface area contributed by atoms with Crippen LogP contribution in [0.1, 0.15) is 19.5 Å². The van der Waals surface area contributed by atoms with Crippen LogP contribution in [0.5, 0.6) is 0 Å². The Kier molecular flexibility index (Phi) is 8.28. The summed E-state index contributed by atoms with van der Waals surface area (Å²) in [5, 5.41) is 5.93. The second kappa shape index (κ2) is 10.7. The van der Waals surface area contributed by atoms with Crippen molar-refractivity contribution >= 4 is 18.0 Å². The Morgan fingerprint density at radius 2 is 1.93 bits per heavy atom. The topological polar surface area (TPSA) is 95.0 Å². The summed E-state index contributed by atoms with van der Waals surface area (Å²) < 4.78 is 43.1. The molecule has 0 aliphatic carbocycles. The first kappa shape index (κ1) is 22.5. The maximum Gasteiger partial charge on any atom is 0.433 e. The molecular formula is C17H26F3N7O2. The SMILES string of the molecule is CCNC(=NCCNc1nccc(C(F)(F)F)n1)N1CCN(C(=O)OCC)CC1. The predicted molar refractivity (Wildman–Crippen MR) is 102 cm³/mol. The van der Waals surface area contributed by atoms with Gasteiger partial charge in [-0.25, -0.2) is 14.8 Å². The van der Waals surface area contributed by atoms with Crippen LogP contribution in [0.3, 0.4) is 0 Å². The first-order valence-corrected chi connectivity index (χ1v) is 9.44. The summed E-state index contributed by atoms with van der Waals surface area (Å²) >= 11 is 0. The number of nitrogens with zero attached hydrogens (tertiary/aromatic N) is 5. The number of hydrogen-bond donors (Lipinski definition) is 2. The summed E-state index contributed by atoms with van der Waals surface area (Å²) in [5.74, 6) is 0.589. The number of aliphatic imine (C=N–C) groups is 1. The van der Waals surface area contributed by atoms with E-state index >= 15 is 0 Å². The van der Waals surface area contributed by atoms with E-state index in [1.807, 2.05) is 11.8 Å². The highest BCUT2D eigenvalue weighted by molar-refractivity contribution is 5.80. The van der Waals surface area contributed by atoms with Gasteiger partial charge >= 0.3 is 12.3 Å². The Hall–Kier alpha value is -2.79. The van der Waals surface area contributed by atoms with Gasteiger partial charge in [0.15, 0.2) is 5.96 Å². The third kappa shape index (κ3) is 6.95. The lowest BCUT2D eigenvalue weighted by Crippen LogP contribution is -2.54. The number of piperazine rings is 1. The molecular weight excluding hydrogens is 391 g/mol. The number of carbonyl (C=O) groups is 1. The van der Waals surface area contributed by atoms with Gasteiger partial charge in [0.2, 0.25) is 5.95 Å². The van der Waals surface area contributed by atoms with Crippen LogP contribution < -0.4 is 10.6 Å². The van der Waals surface area contributed by atoms with E-state index in [9.17, 15) is 18.0 Å². The molecule has 0 radical (unpaired) electrons. The molecule has 2 heterocycles. The van der Waals surface area contributed by atoms with E-state index in [-0.39, 0.29) is 18.6 Å². The zero-order valence-corrected chi connectivity index (χ0v) is 16.5. The molecule has 0 bridgehead atoms. The summed E-state index contributed by atoms with van der Waals surface area (Å²) in [7, 11) is 0. The maximum atomic E-state index is 12.7. The Labute approximate surface area is 167 Å². The molecule has 1 aromatic heterocycles. The highest BCUT2D eigenvalue weighted by Gasteiger charge is 2.32. The van der Waals surface area contributed by atoms with Gasteiger partial charge in [-0.15, -0.1) is 0 Å². The van der Waals surface area contributed by atoms with Crippen molar-refractivity contribution < 1.29 is 22.7 Å². The van der Waals surface area contributed by atoms with E-state index in [0.717, 1.165) is 12.3 Å². The lowest BCUT2D eigenvalue weighted by atomic mass is 10.3. The highest BCUT2D eigenvalue weighted by Crippen LogP contribution is 2.27.